The first kappa shape index (κ1) is 9.07. The number of aromatic hydroxyl groups is 2. The molecule has 0 amide bonds. The van der Waals surface area contributed by atoms with Gasteiger partial charge in [-0.1, -0.05) is 6.07 Å². The van der Waals surface area contributed by atoms with Crippen molar-refractivity contribution >= 4 is 6.21 Å². The van der Waals surface area contributed by atoms with Crippen LogP contribution in [0, 0.1) is 11.3 Å². The minimum atomic E-state index is -0.218. The van der Waals surface area contributed by atoms with Crippen LogP contribution in [0.5, 0.6) is 11.5 Å². The van der Waals surface area contributed by atoms with Crippen molar-refractivity contribution in [2.75, 3.05) is 6.54 Å². The molecule has 2 N–H and O–H groups in total. The third-order valence-corrected chi connectivity index (χ3v) is 1.44. The zero-order valence-electron chi connectivity index (χ0n) is 6.81. The summed E-state index contributed by atoms with van der Waals surface area (Å²) in [6, 6.07) is 6.38. The lowest BCUT2D eigenvalue weighted by molar-refractivity contribution is 0.403. The van der Waals surface area contributed by atoms with Crippen LogP contribution < -0.4 is 0 Å². The van der Waals surface area contributed by atoms with Crippen molar-refractivity contribution in [2.24, 2.45) is 4.99 Å². The topological polar surface area (TPSA) is 76.6 Å². The number of hydrogen-bond donors (Lipinski definition) is 2. The van der Waals surface area contributed by atoms with Gasteiger partial charge in [-0.25, -0.2) is 0 Å². The van der Waals surface area contributed by atoms with Gasteiger partial charge in [0.2, 0.25) is 0 Å². The van der Waals surface area contributed by atoms with Crippen LogP contribution in [0.15, 0.2) is 23.2 Å². The lowest BCUT2D eigenvalue weighted by atomic mass is 10.2. The molecule has 1 rings (SSSR count). The molecule has 1 aromatic carbocycles. The predicted octanol–water partition coefficient (Wildman–Crippen LogP) is 1.04. The van der Waals surface area contributed by atoms with Crippen LogP contribution in [0.4, 0.5) is 0 Å². The van der Waals surface area contributed by atoms with E-state index >= 15 is 0 Å². The Morgan fingerprint density at radius 2 is 2.23 bits per heavy atom. The molecule has 0 atom stereocenters. The monoisotopic (exact) mass is 176 g/mol. The number of aliphatic imine (C=N–C) groups is 1. The maximum Gasteiger partial charge on any atom is 0.166 e. The standard InChI is InChI=1S/C9H8N2O2/c10-4-5-11-6-7-2-1-3-8(12)9(7)13/h1-3,6,12-13H,5H2. The van der Waals surface area contributed by atoms with E-state index in [-0.39, 0.29) is 18.0 Å². The molecule has 13 heavy (non-hydrogen) atoms. The summed E-state index contributed by atoms with van der Waals surface area (Å²) in [5, 5.41) is 26.5. The van der Waals surface area contributed by atoms with Crippen molar-refractivity contribution in [2.45, 2.75) is 0 Å². The van der Waals surface area contributed by atoms with Crippen LogP contribution in [0.1, 0.15) is 5.56 Å². The number of para-hydroxylation sites is 1. The van der Waals surface area contributed by atoms with E-state index in [0.29, 0.717) is 5.56 Å². The van der Waals surface area contributed by atoms with E-state index in [0.717, 1.165) is 0 Å². The molecule has 0 aliphatic heterocycles. The van der Waals surface area contributed by atoms with E-state index in [4.69, 9.17) is 10.4 Å². The Hall–Kier alpha value is -2.02. The van der Waals surface area contributed by atoms with Crippen molar-refractivity contribution in [3.8, 4) is 17.6 Å². The molecule has 0 saturated carbocycles. The van der Waals surface area contributed by atoms with Crippen LogP contribution in [0.25, 0.3) is 0 Å². The number of nitriles is 1. The van der Waals surface area contributed by atoms with Crippen LogP contribution >= 0.6 is 0 Å². The van der Waals surface area contributed by atoms with Crippen LogP contribution in [0.2, 0.25) is 0 Å². The Morgan fingerprint density at radius 1 is 1.46 bits per heavy atom. The molecule has 66 valence electrons. The van der Waals surface area contributed by atoms with Gasteiger partial charge in [0.05, 0.1) is 6.07 Å². The highest BCUT2D eigenvalue weighted by Crippen LogP contribution is 2.26. The summed E-state index contributed by atoms with van der Waals surface area (Å²) in [4.78, 5) is 3.70. The second-order valence-electron chi connectivity index (χ2n) is 2.34. The molecular weight excluding hydrogens is 168 g/mol. The summed E-state index contributed by atoms with van der Waals surface area (Å²) in [5.74, 6) is -0.412. The van der Waals surface area contributed by atoms with Gasteiger partial charge >= 0.3 is 0 Å². The molecule has 0 aliphatic carbocycles. The molecule has 0 radical (unpaired) electrons. The zero-order valence-corrected chi connectivity index (χ0v) is 6.81. The summed E-state index contributed by atoms with van der Waals surface area (Å²) in [6.45, 7) is 0.0368. The second kappa shape index (κ2) is 4.12. The maximum atomic E-state index is 9.27. The Morgan fingerprint density at radius 3 is 2.92 bits per heavy atom. The molecular formula is C9H8N2O2. The summed E-state index contributed by atoms with van der Waals surface area (Å²) >= 11 is 0. The molecule has 0 saturated heterocycles. The highest BCUT2D eigenvalue weighted by atomic mass is 16.3. The minimum absolute atomic E-state index is 0.0368. The molecule has 0 fully saturated rings. The van der Waals surface area contributed by atoms with E-state index in [1.807, 2.05) is 6.07 Å². The van der Waals surface area contributed by atoms with Gasteiger partial charge in [0, 0.05) is 11.8 Å². The van der Waals surface area contributed by atoms with Gasteiger partial charge in [-0.2, -0.15) is 5.26 Å². The molecule has 0 unspecified atom stereocenters. The van der Waals surface area contributed by atoms with E-state index < -0.39 is 0 Å². The number of hydrogen-bond acceptors (Lipinski definition) is 4. The van der Waals surface area contributed by atoms with Gasteiger partial charge in [-0.3, -0.25) is 4.99 Å². The number of phenolic OH excluding ortho intramolecular Hbond substituents is 2. The number of phenols is 2. The highest BCUT2D eigenvalue weighted by Gasteiger charge is 2.01. The first-order valence-corrected chi connectivity index (χ1v) is 3.63. The predicted molar refractivity (Wildman–Crippen MR) is 47.8 cm³/mol. The highest BCUT2D eigenvalue weighted by molar-refractivity contribution is 5.84. The van der Waals surface area contributed by atoms with E-state index in [1.165, 1.54) is 12.3 Å². The quantitative estimate of drug-likeness (QED) is 0.401. The van der Waals surface area contributed by atoms with E-state index in [9.17, 15) is 5.11 Å². The largest absolute Gasteiger partial charge is 0.504 e. The van der Waals surface area contributed by atoms with Crippen LogP contribution in [0.3, 0.4) is 0 Å². The first-order valence-electron chi connectivity index (χ1n) is 3.63. The van der Waals surface area contributed by atoms with Gasteiger partial charge in [-0.15, -0.1) is 0 Å². The Bertz CT molecular complexity index is 366. The Balaban J connectivity index is 2.90. The fraction of sp³-hybridized carbons (Fsp3) is 0.111. The molecule has 0 bridgehead atoms. The van der Waals surface area contributed by atoms with Crippen molar-refractivity contribution in [3.63, 3.8) is 0 Å². The number of benzene rings is 1. The van der Waals surface area contributed by atoms with Gasteiger partial charge < -0.3 is 10.2 Å². The SMILES string of the molecule is N#CCN=Cc1cccc(O)c1O. The molecule has 0 heterocycles. The molecule has 1 aromatic rings. The van der Waals surface area contributed by atoms with Crippen molar-refractivity contribution in [1.29, 1.82) is 5.26 Å². The normalized spacial score (nSPS) is 10.1. The van der Waals surface area contributed by atoms with E-state index in [1.54, 1.807) is 12.1 Å². The van der Waals surface area contributed by atoms with Gasteiger partial charge in [0.15, 0.2) is 11.5 Å². The van der Waals surface area contributed by atoms with Crippen molar-refractivity contribution < 1.29 is 10.2 Å². The zero-order chi connectivity index (χ0) is 9.68. The van der Waals surface area contributed by atoms with Gasteiger partial charge in [-0.05, 0) is 12.1 Å². The summed E-state index contributed by atoms with van der Waals surface area (Å²) in [7, 11) is 0. The Kier molecular flexibility index (Phi) is 2.87. The second-order valence-corrected chi connectivity index (χ2v) is 2.34. The maximum absolute atomic E-state index is 9.27. The smallest absolute Gasteiger partial charge is 0.166 e. The molecule has 4 heteroatoms. The number of rotatable bonds is 2. The lowest BCUT2D eigenvalue weighted by Gasteiger charge is -1.99. The summed E-state index contributed by atoms with van der Waals surface area (Å²) in [5.41, 5.74) is 0.398. The summed E-state index contributed by atoms with van der Waals surface area (Å²) < 4.78 is 0. The van der Waals surface area contributed by atoms with Gasteiger partial charge in [0.1, 0.15) is 6.54 Å². The number of nitrogens with zero attached hydrogens (tertiary/aromatic N) is 2. The molecule has 0 aromatic heterocycles. The van der Waals surface area contributed by atoms with Crippen LogP contribution in [-0.2, 0) is 0 Å². The van der Waals surface area contributed by atoms with Gasteiger partial charge in [0.25, 0.3) is 0 Å². The summed E-state index contributed by atoms with van der Waals surface area (Å²) in [6.07, 6.45) is 1.35. The molecule has 0 spiro atoms. The lowest BCUT2D eigenvalue weighted by Crippen LogP contribution is -1.83. The van der Waals surface area contributed by atoms with Crippen molar-refractivity contribution in [3.05, 3.63) is 23.8 Å². The molecule has 0 aliphatic rings. The fourth-order valence-electron chi connectivity index (χ4n) is 0.838. The van der Waals surface area contributed by atoms with Crippen LogP contribution in [-0.4, -0.2) is 23.0 Å². The van der Waals surface area contributed by atoms with Crippen molar-refractivity contribution in [1.82, 2.24) is 0 Å². The third-order valence-electron chi connectivity index (χ3n) is 1.44. The first-order chi connectivity index (χ1) is 6.25. The van der Waals surface area contributed by atoms with E-state index in [2.05, 4.69) is 4.99 Å². The fourth-order valence-corrected chi connectivity index (χ4v) is 0.838. The Labute approximate surface area is 75.4 Å². The minimum Gasteiger partial charge on any atom is -0.504 e. The molecule has 4 nitrogen and oxygen atoms in total. The average molecular weight is 176 g/mol. The average Bonchev–Trinajstić information content (AvgIpc) is 2.13. The third kappa shape index (κ3) is 2.20.